The van der Waals surface area contributed by atoms with Crippen LogP contribution in [0.2, 0.25) is 0 Å². The zero-order valence-corrected chi connectivity index (χ0v) is 6.27. The van der Waals surface area contributed by atoms with Gasteiger partial charge in [0.05, 0.1) is 5.69 Å². The first kappa shape index (κ1) is 7.53. The molecule has 64 valence electrons. The van der Waals surface area contributed by atoms with Crippen LogP contribution in [0.4, 0.5) is 5.69 Å². The van der Waals surface area contributed by atoms with Crippen molar-refractivity contribution in [2.45, 2.75) is 0 Å². The lowest BCUT2D eigenvalue weighted by Gasteiger charge is -1.87. The molecule has 0 aromatic carbocycles. The third-order valence-corrected chi connectivity index (χ3v) is 1.68. The minimum Gasteiger partial charge on any atom is -0.357 e. The minimum absolute atomic E-state index is 0.229. The maximum absolute atomic E-state index is 11.3. The first-order valence-corrected chi connectivity index (χ1v) is 3.42. The van der Waals surface area contributed by atoms with Gasteiger partial charge in [0, 0.05) is 11.4 Å². The molecule has 0 bridgehead atoms. The molecule has 0 aliphatic carbocycles. The highest BCUT2D eigenvalue weighted by molar-refractivity contribution is 6.70. The van der Waals surface area contributed by atoms with Crippen molar-refractivity contribution in [1.29, 1.82) is 0 Å². The number of aromatic nitrogens is 1. The van der Waals surface area contributed by atoms with Crippen LogP contribution in [0.1, 0.15) is 10.5 Å². The number of aliphatic imine (C=N–C) groups is 1. The van der Waals surface area contributed by atoms with Gasteiger partial charge < -0.3 is 4.98 Å². The standard InChI is InChI=1S/C7H3N3O3/c11-6-4-3(1-2-8-4)9-5(6)7(12)10-13/h1-2,8H. The Morgan fingerprint density at radius 1 is 1.54 bits per heavy atom. The van der Waals surface area contributed by atoms with Gasteiger partial charge in [-0.05, 0) is 6.07 Å². The van der Waals surface area contributed by atoms with E-state index >= 15 is 0 Å². The zero-order valence-electron chi connectivity index (χ0n) is 6.27. The number of fused-ring (bicyclic) bond motifs is 1. The number of aromatic amines is 1. The van der Waals surface area contributed by atoms with Gasteiger partial charge in [0.15, 0.2) is 5.71 Å². The van der Waals surface area contributed by atoms with Gasteiger partial charge in [-0.15, -0.1) is 4.91 Å². The van der Waals surface area contributed by atoms with Crippen LogP contribution >= 0.6 is 0 Å². The third kappa shape index (κ3) is 0.919. The second kappa shape index (κ2) is 2.44. The quantitative estimate of drug-likeness (QED) is 0.635. The molecule has 1 aliphatic rings. The van der Waals surface area contributed by atoms with Crippen LogP contribution in [0.3, 0.4) is 0 Å². The normalized spacial score (nSPS) is 13.8. The summed E-state index contributed by atoms with van der Waals surface area (Å²) in [6.45, 7) is 0. The van der Waals surface area contributed by atoms with Crippen molar-refractivity contribution in [3.63, 3.8) is 0 Å². The Balaban J connectivity index is 2.49. The van der Waals surface area contributed by atoms with Gasteiger partial charge in [-0.1, -0.05) is 0 Å². The van der Waals surface area contributed by atoms with E-state index in [1.54, 1.807) is 0 Å². The van der Waals surface area contributed by atoms with Gasteiger partial charge in [-0.25, -0.2) is 4.99 Å². The van der Waals surface area contributed by atoms with Crippen LogP contribution in [0.25, 0.3) is 0 Å². The largest absolute Gasteiger partial charge is 0.357 e. The molecule has 0 saturated carbocycles. The maximum Gasteiger partial charge on any atom is 0.339 e. The van der Waals surface area contributed by atoms with Gasteiger partial charge in [0.25, 0.3) is 0 Å². The third-order valence-electron chi connectivity index (χ3n) is 1.68. The molecular weight excluding hydrogens is 174 g/mol. The fraction of sp³-hybridized carbons (Fsp3) is 0. The monoisotopic (exact) mass is 177 g/mol. The van der Waals surface area contributed by atoms with Crippen LogP contribution in [-0.2, 0) is 4.79 Å². The van der Waals surface area contributed by atoms with E-state index in [0.29, 0.717) is 5.69 Å². The molecule has 0 radical (unpaired) electrons. The summed E-state index contributed by atoms with van der Waals surface area (Å²) < 4.78 is 0. The second-order valence-electron chi connectivity index (χ2n) is 2.42. The molecule has 0 unspecified atom stereocenters. The maximum atomic E-state index is 11.3. The number of nitrogens with zero attached hydrogens (tertiary/aromatic N) is 2. The lowest BCUT2D eigenvalue weighted by atomic mass is 10.2. The van der Waals surface area contributed by atoms with Crippen molar-refractivity contribution < 1.29 is 9.59 Å². The molecule has 1 aromatic heterocycles. The fourth-order valence-electron chi connectivity index (χ4n) is 1.11. The Labute approximate surface area is 71.6 Å². The number of nitrogens with one attached hydrogen (secondary N) is 1. The lowest BCUT2D eigenvalue weighted by molar-refractivity contribution is -0.111. The van der Waals surface area contributed by atoms with Crippen LogP contribution in [-0.4, -0.2) is 22.4 Å². The van der Waals surface area contributed by atoms with E-state index in [1.807, 2.05) is 0 Å². The van der Waals surface area contributed by atoms with Gasteiger partial charge in [-0.3, -0.25) is 9.59 Å². The van der Waals surface area contributed by atoms with Crippen molar-refractivity contribution in [3.05, 3.63) is 22.9 Å². The minimum atomic E-state index is -1.13. The van der Waals surface area contributed by atoms with Crippen molar-refractivity contribution in [2.24, 2.45) is 10.2 Å². The summed E-state index contributed by atoms with van der Waals surface area (Å²) in [5.74, 6) is -1.71. The number of nitroso groups, excluding NO2 is 1. The number of Topliss-reactive ketones (excluding diaryl/α,β-unsaturated/α-hetero) is 1. The van der Waals surface area contributed by atoms with Crippen LogP contribution < -0.4 is 0 Å². The van der Waals surface area contributed by atoms with E-state index in [2.05, 4.69) is 15.2 Å². The van der Waals surface area contributed by atoms with Crippen LogP contribution in [0.5, 0.6) is 0 Å². The lowest BCUT2D eigenvalue weighted by Crippen LogP contribution is -2.19. The molecule has 6 nitrogen and oxygen atoms in total. The average molecular weight is 177 g/mol. The predicted octanol–water partition coefficient (Wildman–Crippen LogP) is 0.577. The van der Waals surface area contributed by atoms with Crippen molar-refractivity contribution in [2.75, 3.05) is 0 Å². The number of H-pyrrole nitrogens is 1. The Morgan fingerprint density at radius 3 is 2.92 bits per heavy atom. The van der Waals surface area contributed by atoms with E-state index in [9.17, 15) is 14.5 Å². The summed E-state index contributed by atoms with van der Waals surface area (Å²) in [5, 5.41) is 2.13. The highest BCUT2D eigenvalue weighted by Crippen LogP contribution is 2.25. The molecule has 6 heteroatoms. The second-order valence-corrected chi connectivity index (χ2v) is 2.42. The first-order valence-electron chi connectivity index (χ1n) is 3.42. The van der Waals surface area contributed by atoms with Crippen LogP contribution in [0.15, 0.2) is 22.4 Å². The zero-order chi connectivity index (χ0) is 9.42. The summed E-state index contributed by atoms with van der Waals surface area (Å²) in [5.41, 5.74) is 0.181. The number of rotatable bonds is 1. The number of amides is 1. The Hall–Kier alpha value is -2.11. The fourth-order valence-corrected chi connectivity index (χ4v) is 1.11. The molecule has 1 aromatic rings. The summed E-state index contributed by atoms with van der Waals surface area (Å²) in [6, 6.07) is 1.54. The molecule has 2 rings (SSSR count). The van der Waals surface area contributed by atoms with E-state index in [4.69, 9.17) is 0 Å². The molecule has 1 N–H and O–H groups in total. The number of carbonyl (C=O) groups is 2. The predicted molar refractivity (Wildman–Crippen MR) is 43.0 cm³/mol. The van der Waals surface area contributed by atoms with Crippen molar-refractivity contribution >= 4 is 23.1 Å². The molecule has 0 atom stereocenters. The van der Waals surface area contributed by atoms with E-state index in [1.165, 1.54) is 12.3 Å². The van der Waals surface area contributed by atoms with E-state index in [-0.39, 0.29) is 5.69 Å². The molecule has 13 heavy (non-hydrogen) atoms. The molecule has 1 aliphatic heterocycles. The summed E-state index contributed by atoms with van der Waals surface area (Å²) >= 11 is 0. The summed E-state index contributed by atoms with van der Waals surface area (Å²) in [7, 11) is 0. The highest BCUT2D eigenvalue weighted by Gasteiger charge is 2.31. The highest BCUT2D eigenvalue weighted by atomic mass is 16.3. The molecule has 0 spiro atoms. The first-order chi connectivity index (χ1) is 6.24. The molecular formula is C7H3N3O3. The molecule has 2 heterocycles. The number of hydrogen-bond donors (Lipinski definition) is 1. The molecule has 0 fully saturated rings. The van der Waals surface area contributed by atoms with Gasteiger partial charge in [0.2, 0.25) is 5.78 Å². The summed E-state index contributed by atoms with van der Waals surface area (Å²) in [6.07, 6.45) is 1.53. The number of ketones is 1. The van der Waals surface area contributed by atoms with Crippen LogP contribution in [0, 0.1) is 4.91 Å². The molecule has 1 amide bonds. The van der Waals surface area contributed by atoms with Crippen molar-refractivity contribution in [1.82, 2.24) is 4.98 Å². The smallest absolute Gasteiger partial charge is 0.339 e. The Morgan fingerprint density at radius 2 is 2.31 bits per heavy atom. The Bertz CT molecular complexity index is 444. The summed E-state index contributed by atoms with van der Waals surface area (Å²) in [4.78, 5) is 38.2. The number of carbonyl (C=O) groups excluding carboxylic acids is 2. The van der Waals surface area contributed by atoms with E-state index in [0.717, 1.165) is 0 Å². The van der Waals surface area contributed by atoms with Gasteiger partial charge in [-0.2, -0.15) is 0 Å². The topological polar surface area (TPSA) is 91.7 Å². The van der Waals surface area contributed by atoms with E-state index < -0.39 is 17.4 Å². The average Bonchev–Trinajstić information content (AvgIpc) is 2.68. The van der Waals surface area contributed by atoms with Gasteiger partial charge >= 0.3 is 5.91 Å². The number of hydrogen-bond acceptors (Lipinski definition) is 4. The van der Waals surface area contributed by atoms with Gasteiger partial charge in [0.1, 0.15) is 5.69 Å². The SMILES string of the molecule is O=NC(=O)C1=Nc2cc[nH]c2C1=O. The molecule has 0 saturated heterocycles. The van der Waals surface area contributed by atoms with Crippen molar-refractivity contribution in [3.8, 4) is 0 Å². The Kier molecular flexibility index (Phi) is 1.42.